The molecular weight excluding hydrogens is 330 g/mol. The van der Waals surface area contributed by atoms with Crippen molar-refractivity contribution in [1.29, 1.82) is 0 Å². The highest BCUT2D eigenvalue weighted by Gasteiger charge is 2.31. The summed E-state index contributed by atoms with van der Waals surface area (Å²) in [5.74, 6) is 1.02. The lowest BCUT2D eigenvalue weighted by Gasteiger charge is -2.34. The summed E-state index contributed by atoms with van der Waals surface area (Å²) in [7, 11) is -3.41. The molecule has 1 aliphatic heterocycles. The van der Waals surface area contributed by atoms with Crippen molar-refractivity contribution in [3.8, 4) is 0 Å². The Labute approximate surface area is 149 Å². The maximum Gasteiger partial charge on any atom is 0.243 e. The second-order valence-corrected chi connectivity index (χ2v) is 8.86. The van der Waals surface area contributed by atoms with Gasteiger partial charge in [-0.15, -0.1) is 0 Å². The molecule has 0 saturated carbocycles. The van der Waals surface area contributed by atoms with Crippen LogP contribution in [0.4, 0.5) is 0 Å². The molecule has 4 rings (SSSR count). The maximum atomic E-state index is 13.0. The van der Waals surface area contributed by atoms with Gasteiger partial charge >= 0.3 is 0 Å². The third-order valence-electron chi connectivity index (χ3n) is 5.39. The second kappa shape index (κ2) is 6.77. The lowest BCUT2D eigenvalue weighted by Crippen LogP contribution is -2.39. The predicted molar refractivity (Wildman–Crippen MR) is 102 cm³/mol. The summed E-state index contributed by atoms with van der Waals surface area (Å²) in [6.45, 7) is 1.22. The third kappa shape index (κ3) is 3.29. The van der Waals surface area contributed by atoms with Crippen LogP contribution in [-0.2, 0) is 10.0 Å². The molecular formula is C21H23NO2S. The summed E-state index contributed by atoms with van der Waals surface area (Å²) in [6.07, 6.45) is 11.8. The quantitative estimate of drug-likeness (QED) is 0.768. The van der Waals surface area contributed by atoms with Crippen LogP contribution < -0.4 is 0 Å². The van der Waals surface area contributed by atoms with Gasteiger partial charge in [0.25, 0.3) is 0 Å². The molecule has 1 saturated heterocycles. The molecule has 1 aliphatic carbocycles. The van der Waals surface area contributed by atoms with Gasteiger partial charge in [0, 0.05) is 13.1 Å². The monoisotopic (exact) mass is 353 g/mol. The number of rotatable bonds is 3. The zero-order chi connectivity index (χ0) is 17.3. The van der Waals surface area contributed by atoms with E-state index in [1.807, 2.05) is 30.3 Å². The number of sulfonamides is 1. The smallest absolute Gasteiger partial charge is 0.207 e. The van der Waals surface area contributed by atoms with Crippen molar-refractivity contribution in [2.45, 2.75) is 24.2 Å². The van der Waals surface area contributed by atoms with Crippen molar-refractivity contribution in [2.24, 2.45) is 11.8 Å². The van der Waals surface area contributed by atoms with Crippen LogP contribution in [-0.4, -0.2) is 25.8 Å². The van der Waals surface area contributed by atoms with E-state index < -0.39 is 10.0 Å². The molecule has 1 fully saturated rings. The van der Waals surface area contributed by atoms with Gasteiger partial charge in [0.15, 0.2) is 0 Å². The maximum absolute atomic E-state index is 13.0. The molecule has 2 aromatic rings. The first-order chi connectivity index (χ1) is 12.1. The topological polar surface area (TPSA) is 37.4 Å². The highest BCUT2D eigenvalue weighted by atomic mass is 32.2. The van der Waals surface area contributed by atoms with E-state index in [2.05, 4.69) is 24.3 Å². The van der Waals surface area contributed by atoms with Gasteiger partial charge in [-0.3, -0.25) is 0 Å². The summed E-state index contributed by atoms with van der Waals surface area (Å²) < 4.78 is 27.7. The van der Waals surface area contributed by atoms with Gasteiger partial charge in [-0.25, -0.2) is 8.42 Å². The summed E-state index contributed by atoms with van der Waals surface area (Å²) in [5.41, 5.74) is 0. The molecule has 0 unspecified atom stereocenters. The minimum absolute atomic E-state index is 0.405. The van der Waals surface area contributed by atoms with Gasteiger partial charge in [-0.2, -0.15) is 4.31 Å². The summed E-state index contributed by atoms with van der Waals surface area (Å²) >= 11 is 0. The fraction of sp³-hybridized carbons (Fsp3) is 0.333. The standard InChI is InChI=1S/C21H23NO2S/c23-25(24,21-11-10-18-8-4-5-9-20(18)16-21)22-14-12-19(13-15-22)17-6-2-1-3-7-17/h2-11,16-17,19H,1,12-15H2. The van der Waals surface area contributed by atoms with Crippen molar-refractivity contribution in [2.75, 3.05) is 13.1 Å². The van der Waals surface area contributed by atoms with Crippen molar-refractivity contribution >= 4 is 20.8 Å². The minimum atomic E-state index is -3.41. The molecule has 1 heterocycles. The Bertz CT molecular complexity index is 910. The fourth-order valence-corrected chi connectivity index (χ4v) is 5.41. The Kier molecular flexibility index (Phi) is 4.48. The summed E-state index contributed by atoms with van der Waals surface area (Å²) in [4.78, 5) is 0.405. The number of hydrogen-bond acceptors (Lipinski definition) is 2. The number of fused-ring (bicyclic) bond motifs is 1. The van der Waals surface area contributed by atoms with E-state index in [4.69, 9.17) is 0 Å². The average molecular weight is 353 g/mol. The zero-order valence-corrected chi connectivity index (χ0v) is 15.0. The van der Waals surface area contributed by atoms with Gasteiger partial charge in [0.2, 0.25) is 10.0 Å². The van der Waals surface area contributed by atoms with Crippen LogP contribution in [0.3, 0.4) is 0 Å². The van der Waals surface area contributed by atoms with Crippen LogP contribution in [0.5, 0.6) is 0 Å². The van der Waals surface area contributed by atoms with Gasteiger partial charge in [0.05, 0.1) is 4.90 Å². The molecule has 0 amide bonds. The molecule has 2 aromatic carbocycles. The average Bonchev–Trinajstić information content (AvgIpc) is 2.68. The zero-order valence-electron chi connectivity index (χ0n) is 14.2. The molecule has 2 aliphatic rings. The lowest BCUT2D eigenvalue weighted by atomic mass is 9.83. The van der Waals surface area contributed by atoms with Crippen molar-refractivity contribution in [1.82, 2.24) is 4.31 Å². The van der Waals surface area contributed by atoms with Gasteiger partial charge in [-0.1, -0.05) is 54.6 Å². The Morgan fingerprint density at radius 3 is 2.28 bits per heavy atom. The van der Waals surface area contributed by atoms with E-state index in [-0.39, 0.29) is 0 Å². The number of hydrogen-bond donors (Lipinski definition) is 0. The first kappa shape index (κ1) is 16.6. The van der Waals surface area contributed by atoms with Crippen molar-refractivity contribution in [3.63, 3.8) is 0 Å². The van der Waals surface area contributed by atoms with Crippen LogP contribution >= 0.6 is 0 Å². The first-order valence-corrected chi connectivity index (χ1v) is 10.4. The molecule has 0 aromatic heterocycles. The molecule has 0 spiro atoms. The van der Waals surface area contributed by atoms with Crippen LogP contribution in [0.15, 0.2) is 71.7 Å². The molecule has 3 nitrogen and oxygen atoms in total. The molecule has 0 bridgehead atoms. The van der Waals surface area contributed by atoms with Crippen molar-refractivity contribution in [3.05, 3.63) is 66.8 Å². The Morgan fingerprint density at radius 2 is 1.56 bits per heavy atom. The molecule has 0 atom stereocenters. The number of nitrogens with zero attached hydrogens (tertiary/aromatic N) is 1. The highest BCUT2D eigenvalue weighted by Crippen LogP contribution is 2.31. The van der Waals surface area contributed by atoms with Crippen LogP contribution in [0.1, 0.15) is 19.3 Å². The van der Waals surface area contributed by atoms with E-state index in [0.717, 1.165) is 30.0 Å². The number of allylic oxidation sites excluding steroid dienone is 4. The van der Waals surface area contributed by atoms with Crippen LogP contribution in [0.25, 0.3) is 10.8 Å². The van der Waals surface area contributed by atoms with E-state index in [0.29, 0.717) is 29.8 Å². The number of benzene rings is 2. The first-order valence-electron chi connectivity index (χ1n) is 8.97. The summed E-state index contributed by atoms with van der Waals surface area (Å²) in [5, 5.41) is 2.03. The minimum Gasteiger partial charge on any atom is -0.207 e. The van der Waals surface area contributed by atoms with E-state index in [1.54, 1.807) is 16.4 Å². The molecule has 0 N–H and O–H groups in total. The van der Waals surface area contributed by atoms with Gasteiger partial charge in [-0.05, 0) is 54.0 Å². The molecule has 130 valence electrons. The summed E-state index contributed by atoms with van der Waals surface area (Å²) in [6, 6.07) is 13.3. The SMILES string of the molecule is O=S(=O)(c1ccc2ccccc2c1)N1CCC(C2C=CCC=C2)CC1. The van der Waals surface area contributed by atoms with Crippen molar-refractivity contribution < 1.29 is 8.42 Å². The molecule has 0 radical (unpaired) electrons. The van der Waals surface area contributed by atoms with E-state index >= 15 is 0 Å². The van der Waals surface area contributed by atoms with Gasteiger partial charge < -0.3 is 0 Å². The highest BCUT2D eigenvalue weighted by molar-refractivity contribution is 7.89. The van der Waals surface area contributed by atoms with Crippen LogP contribution in [0, 0.1) is 11.8 Å². The Balaban J connectivity index is 1.51. The number of piperidine rings is 1. The second-order valence-electron chi connectivity index (χ2n) is 6.92. The molecule has 4 heteroatoms. The van der Waals surface area contributed by atoms with E-state index in [9.17, 15) is 8.42 Å². The van der Waals surface area contributed by atoms with E-state index in [1.165, 1.54) is 0 Å². The van der Waals surface area contributed by atoms with Gasteiger partial charge in [0.1, 0.15) is 0 Å². The Morgan fingerprint density at radius 1 is 0.880 bits per heavy atom. The molecule has 25 heavy (non-hydrogen) atoms. The fourth-order valence-electron chi connectivity index (χ4n) is 3.91. The van der Waals surface area contributed by atoms with Crippen LogP contribution in [0.2, 0.25) is 0 Å². The normalized spacial score (nSPS) is 20.3. The Hall–Kier alpha value is -1.91. The predicted octanol–water partition coefficient (Wildman–Crippen LogP) is 4.37. The largest absolute Gasteiger partial charge is 0.243 e. The lowest BCUT2D eigenvalue weighted by molar-refractivity contribution is 0.250. The third-order valence-corrected chi connectivity index (χ3v) is 7.29.